The van der Waals surface area contributed by atoms with Gasteiger partial charge >= 0.3 is 0 Å². The predicted octanol–water partition coefficient (Wildman–Crippen LogP) is 2.31. The molecule has 1 heterocycles. The first-order valence-electron chi connectivity index (χ1n) is 7.44. The first-order chi connectivity index (χ1) is 11.1. The van der Waals surface area contributed by atoms with Crippen LogP contribution in [0.25, 0.3) is 0 Å². The number of amides is 1. The average molecular weight is 316 g/mol. The number of hydrogen-bond acceptors (Lipinski definition) is 5. The van der Waals surface area contributed by atoms with Crippen LogP contribution in [0.15, 0.2) is 34.9 Å². The van der Waals surface area contributed by atoms with Crippen LogP contribution in [0.1, 0.15) is 34.7 Å². The van der Waals surface area contributed by atoms with Crippen molar-refractivity contribution in [3.05, 3.63) is 47.3 Å². The third-order valence-electron chi connectivity index (χ3n) is 3.35. The van der Waals surface area contributed by atoms with E-state index in [4.69, 9.17) is 9.26 Å². The lowest BCUT2D eigenvalue weighted by Crippen LogP contribution is -2.26. The van der Waals surface area contributed by atoms with E-state index in [1.54, 1.807) is 31.4 Å². The van der Waals surface area contributed by atoms with E-state index in [2.05, 4.69) is 10.5 Å². The molecular formula is C17H20N2O4. The molecule has 1 aromatic heterocycles. The molecule has 0 atom stereocenters. The Labute approximate surface area is 134 Å². The predicted molar refractivity (Wildman–Crippen MR) is 84.5 cm³/mol. The van der Waals surface area contributed by atoms with Gasteiger partial charge in [-0.3, -0.25) is 9.59 Å². The minimum atomic E-state index is -0.151. The standard InChI is InChI=1S/C17H20N2O4/c1-12-10-14(19-23-12)8-9-18-17(21)7-6-16(20)13-4-3-5-15(11-13)22-2/h3-5,10-11H,6-9H2,1-2H3,(H,18,21). The Morgan fingerprint density at radius 3 is 2.78 bits per heavy atom. The maximum Gasteiger partial charge on any atom is 0.220 e. The average Bonchev–Trinajstić information content (AvgIpc) is 2.98. The molecule has 0 spiro atoms. The highest BCUT2D eigenvalue weighted by Gasteiger charge is 2.10. The van der Waals surface area contributed by atoms with Gasteiger partial charge in [0.25, 0.3) is 0 Å². The summed E-state index contributed by atoms with van der Waals surface area (Å²) in [6.07, 6.45) is 0.933. The van der Waals surface area contributed by atoms with Crippen LogP contribution in [0.4, 0.5) is 0 Å². The molecule has 2 aromatic rings. The summed E-state index contributed by atoms with van der Waals surface area (Å²) in [4.78, 5) is 23.8. The molecule has 1 amide bonds. The van der Waals surface area contributed by atoms with Gasteiger partial charge in [-0.2, -0.15) is 0 Å². The monoisotopic (exact) mass is 316 g/mol. The first kappa shape index (κ1) is 16.7. The molecule has 23 heavy (non-hydrogen) atoms. The Hall–Kier alpha value is -2.63. The van der Waals surface area contributed by atoms with Gasteiger partial charge in [-0.25, -0.2) is 0 Å². The Morgan fingerprint density at radius 1 is 1.26 bits per heavy atom. The number of aromatic nitrogens is 1. The van der Waals surface area contributed by atoms with Crippen molar-refractivity contribution in [3.8, 4) is 5.75 Å². The largest absolute Gasteiger partial charge is 0.497 e. The minimum absolute atomic E-state index is 0.0776. The molecule has 0 saturated carbocycles. The van der Waals surface area contributed by atoms with Crippen LogP contribution in [-0.4, -0.2) is 30.5 Å². The number of methoxy groups -OCH3 is 1. The lowest BCUT2D eigenvalue weighted by molar-refractivity contribution is -0.121. The van der Waals surface area contributed by atoms with E-state index in [0.29, 0.717) is 24.3 Å². The van der Waals surface area contributed by atoms with Gasteiger partial charge in [0.1, 0.15) is 11.5 Å². The topological polar surface area (TPSA) is 81.4 Å². The van der Waals surface area contributed by atoms with Gasteiger partial charge in [0.2, 0.25) is 5.91 Å². The molecule has 0 aliphatic rings. The maximum absolute atomic E-state index is 12.1. The number of rotatable bonds is 8. The number of nitrogens with one attached hydrogen (secondary N) is 1. The van der Waals surface area contributed by atoms with Gasteiger partial charge < -0.3 is 14.6 Å². The Morgan fingerprint density at radius 2 is 2.09 bits per heavy atom. The normalized spacial score (nSPS) is 10.3. The molecule has 0 saturated heterocycles. The summed E-state index contributed by atoms with van der Waals surface area (Å²) >= 11 is 0. The van der Waals surface area contributed by atoms with Gasteiger partial charge in [0, 0.05) is 37.4 Å². The summed E-state index contributed by atoms with van der Waals surface area (Å²) in [5.41, 5.74) is 1.35. The summed E-state index contributed by atoms with van der Waals surface area (Å²) in [5.74, 6) is 1.14. The van der Waals surface area contributed by atoms with Crippen molar-refractivity contribution in [2.45, 2.75) is 26.2 Å². The Balaban J connectivity index is 1.72. The quantitative estimate of drug-likeness (QED) is 0.756. The highest BCUT2D eigenvalue weighted by molar-refractivity contribution is 5.98. The highest BCUT2D eigenvalue weighted by Crippen LogP contribution is 2.14. The van der Waals surface area contributed by atoms with Crippen LogP contribution in [0.3, 0.4) is 0 Å². The molecule has 0 aliphatic heterocycles. The molecule has 6 heteroatoms. The number of aryl methyl sites for hydroxylation is 1. The number of hydrogen-bond donors (Lipinski definition) is 1. The van der Waals surface area contributed by atoms with Crippen LogP contribution < -0.4 is 10.1 Å². The molecule has 122 valence electrons. The molecule has 0 bridgehead atoms. The lowest BCUT2D eigenvalue weighted by Gasteiger charge is -2.05. The van der Waals surface area contributed by atoms with E-state index >= 15 is 0 Å². The summed E-state index contributed by atoms with van der Waals surface area (Å²) in [6.45, 7) is 2.29. The van der Waals surface area contributed by atoms with Crippen LogP contribution in [-0.2, 0) is 11.2 Å². The van der Waals surface area contributed by atoms with Crippen molar-refractivity contribution in [2.75, 3.05) is 13.7 Å². The first-order valence-corrected chi connectivity index (χ1v) is 7.44. The van der Waals surface area contributed by atoms with Crippen molar-refractivity contribution in [3.63, 3.8) is 0 Å². The molecule has 0 unspecified atom stereocenters. The molecular weight excluding hydrogens is 296 g/mol. The zero-order valence-corrected chi connectivity index (χ0v) is 13.3. The van der Waals surface area contributed by atoms with E-state index < -0.39 is 0 Å². The number of Topliss-reactive ketones (excluding diaryl/α,β-unsaturated/α-hetero) is 1. The van der Waals surface area contributed by atoms with Crippen molar-refractivity contribution >= 4 is 11.7 Å². The molecule has 2 rings (SSSR count). The SMILES string of the molecule is COc1cccc(C(=O)CCC(=O)NCCc2cc(C)on2)c1. The fraction of sp³-hybridized carbons (Fsp3) is 0.353. The third-order valence-corrected chi connectivity index (χ3v) is 3.35. The number of carbonyl (C=O) groups is 2. The van der Waals surface area contributed by atoms with Gasteiger partial charge in [0.15, 0.2) is 5.78 Å². The fourth-order valence-corrected chi connectivity index (χ4v) is 2.12. The number of ether oxygens (including phenoxy) is 1. The summed E-state index contributed by atoms with van der Waals surface area (Å²) < 4.78 is 10.0. The van der Waals surface area contributed by atoms with Crippen LogP contribution in [0, 0.1) is 6.92 Å². The van der Waals surface area contributed by atoms with Crippen molar-refractivity contribution in [1.29, 1.82) is 0 Å². The number of benzene rings is 1. The minimum Gasteiger partial charge on any atom is -0.497 e. The lowest BCUT2D eigenvalue weighted by atomic mass is 10.1. The molecule has 0 radical (unpaired) electrons. The summed E-state index contributed by atoms with van der Waals surface area (Å²) in [6, 6.07) is 8.75. The van der Waals surface area contributed by atoms with E-state index in [1.807, 2.05) is 13.0 Å². The third kappa shape index (κ3) is 5.25. The van der Waals surface area contributed by atoms with E-state index in [-0.39, 0.29) is 24.5 Å². The van der Waals surface area contributed by atoms with Crippen molar-refractivity contribution in [2.24, 2.45) is 0 Å². The maximum atomic E-state index is 12.1. The van der Waals surface area contributed by atoms with Crippen LogP contribution >= 0.6 is 0 Å². The number of ketones is 1. The zero-order valence-electron chi connectivity index (χ0n) is 13.3. The van der Waals surface area contributed by atoms with Crippen LogP contribution in [0.2, 0.25) is 0 Å². The number of nitrogens with zero attached hydrogens (tertiary/aromatic N) is 1. The second-order valence-corrected chi connectivity index (χ2v) is 5.18. The molecule has 0 fully saturated rings. The van der Waals surface area contributed by atoms with E-state index in [9.17, 15) is 9.59 Å². The van der Waals surface area contributed by atoms with E-state index in [0.717, 1.165) is 11.5 Å². The molecule has 1 N–H and O–H groups in total. The van der Waals surface area contributed by atoms with Gasteiger partial charge in [-0.1, -0.05) is 17.3 Å². The second kappa shape index (κ2) is 8.12. The van der Waals surface area contributed by atoms with Crippen molar-refractivity contribution < 1.29 is 18.8 Å². The summed E-state index contributed by atoms with van der Waals surface area (Å²) in [5, 5.41) is 6.62. The Kier molecular flexibility index (Phi) is 5.91. The van der Waals surface area contributed by atoms with E-state index in [1.165, 1.54) is 0 Å². The smallest absolute Gasteiger partial charge is 0.220 e. The van der Waals surface area contributed by atoms with Gasteiger partial charge in [-0.05, 0) is 19.1 Å². The van der Waals surface area contributed by atoms with Crippen molar-refractivity contribution in [1.82, 2.24) is 10.5 Å². The van der Waals surface area contributed by atoms with Gasteiger partial charge in [-0.15, -0.1) is 0 Å². The highest BCUT2D eigenvalue weighted by atomic mass is 16.5. The fourth-order valence-electron chi connectivity index (χ4n) is 2.12. The number of carbonyl (C=O) groups excluding carboxylic acids is 2. The second-order valence-electron chi connectivity index (χ2n) is 5.18. The van der Waals surface area contributed by atoms with Crippen LogP contribution in [0.5, 0.6) is 5.75 Å². The molecule has 0 aliphatic carbocycles. The molecule has 6 nitrogen and oxygen atoms in total. The Bertz CT molecular complexity index is 679. The zero-order chi connectivity index (χ0) is 16.7. The summed E-state index contributed by atoms with van der Waals surface area (Å²) in [7, 11) is 1.55. The molecule has 1 aromatic carbocycles. The van der Waals surface area contributed by atoms with Gasteiger partial charge in [0.05, 0.1) is 12.8 Å².